The molecule has 1 fully saturated rings. The van der Waals surface area contributed by atoms with Crippen LogP contribution in [0.15, 0.2) is 22.8 Å². The molecule has 0 aromatic carbocycles. The van der Waals surface area contributed by atoms with Gasteiger partial charge in [0.1, 0.15) is 5.69 Å². The van der Waals surface area contributed by atoms with E-state index in [0.29, 0.717) is 16.8 Å². The van der Waals surface area contributed by atoms with E-state index in [-0.39, 0.29) is 29.2 Å². The Bertz CT molecular complexity index is 891. The fourth-order valence-corrected chi connectivity index (χ4v) is 4.31. The van der Waals surface area contributed by atoms with Gasteiger partial charge in [0, 0.05) is 17.3 Å². The second kappa shape index (κ2) is 8.68. The molecular formula is C22H28N2O5. The first-order valence-electron chi connectivity index (χ1n) is 10.0. The molecule has 1 aliphatic carbocycles. The summed E-state index contributed by atoms with van der Waals surface area (Å²) in [6.45, 7) is 5.22. The second-order valence-electron chi connectivity index (χ2n) is 7.64. The fourth-order valence-electron chi connectivity index (χ4n) is 4.31. The molecule has 1 unspecified atom stereocenters. The number of H-pyrrole nitrogens is 1. The van der Waals surface area contributed by atoms with Gasteiger partial charge >= 0.3 is 5.97 Å². The Morgan fingerprint density at radius 3 is 2.48 bits per heavy atom. The van der Waals surface area contributed by atoms with Gasteiger partial charge in [-0.05, 0) is 51.3 Å². The van der Waals surface area contributed by atoms with Crippen LogP contribution < -0.4 is 0 Å². The average molecular weight is 400 g/mol. The first kappa shape index (κ1) is 20.9. The zero-order valence-corrected chi connectivity index (χ0v) is 17.4. The number of esters is 1. The molecule has 1 N–H and O–H groups in total. The lowest BCUT2D eigenvalue weighted by Gasteiger charge is -2.37. The largest absolute Gasteiger partial charge is 0.464 e. The molecule has 0 aliphatic heterocycles. The number of rotatable bonds is 6. The second-order valence-corrected chi connectivity index (χ2v) is 7.64. The number of furan rings is 1. The van der Waals surface area contributed by atoms with Crippen molar-refractivity contribution in [1.29, 1.82) is 0 Å². The van der Waals surface area contributed by atoms with Crippen LogP contribution in [0.1, 0.15) is 81.7 Å². The highest BCUT2D eigenvalue weighted by Gasteiger charge is 2.36. The van der Waals surface area contributed by atoms with Crippen LogP contribution >= 0.6 is 0 Å². The number of hydrogen-bond acceptors (Lipinski definition) is 5. The number of ketones is 1. The van der Waals surface area contributed by atoms with Crippen LogP contribution in [0, 0.1) is 13.8 Å². The molecule has 29 heavy (non-hydrogen) atoms. The number of methoxy groups -OCH3 is 1. The van der Waals surface area contributed by atoms with Crippen LogP contribution in [0.3, 0.4) is 0 Å². The number of amides is 1. The maximum atomic E-state index is 13.5. The van der Waals surface area contributed by atoms with Gasteiger partial charge in [0.15, 0.2) is 11.5 Å². The zero-order valence-electron chi connectivity index (χ0n) is 17.4. The average Bonchev–Trinajstić information content (AvgIpc) is 3.36. The first-order valence-corrected chi connectivity index (χ1v) is 10.0. The van der Waals surface area contributed by atoms with Crippen molar-refractivity contribution in [2.45, 2.75) is 65.0 Å². The molecule has 2 aromatic rings. The normalized spacial score (nSPS) is 15.7. The summed E-state index contributed by atoms with van der Waals surface area (Å²) < 4.78 is 10.1. The Morgan fingerprint density at radius 2 is 1.90 bits per heavy atom. The number of nitrogens with one attached hydrogen (secondary N) is 1. The monoisotopic (exact) mass is 400 g/mol. The third kappa shape index (κ3) is 3.99. The molecule has 0 saturated heterocycles. The van der Waals surface area contributed by atoms with Crippen molar-refractivity contribution in [2.75, 3.05) is 7.11 Å². The molecule has 2 heterocycles. The van der Waals surface area contributed by atoms with Gasteiger partial charge in [-0.1, -0.05) is 19.3 Å². The van der Waals surface area contributed by atoms with E-state index in [1.807, 2.05) is 0 Å². The van der Waals surface area contributed by atoms with Gasteiger partial charge in [0.25, 0.3) is 5.91 Å². The quantitative estimate of drug-likeness (QED) is 0.583. The highest BCUT2D eigenvalue weighted by Crippen LogP contribution is 2.29. The third-order valence-corrected chi connectivity index (χ3v) is 5.80. The minimum atomic E-state index is -0.686. The lowest BCUT2D eigenvalue weighted by atomic mass is 9.91. The number of ether oxygens (including phenoxy) is 1. The van der Waals surface area contributed by atoms with Crippen molar-refractivity contribution < 1.29 is 23.5 Å². The maximum Gasteiger partial charge on any atom is 0.354 e. The van der Waals surface area contributed by atoms with Gasteiger partial charge in [-0.15, -0.1) is 0 Å². The molecule has 7 nitrogen and oxygen atoms in total. The Hall–Kier alpha value is -2.83. The SMILES string of the molecule is COC(=O)c1[nH]c(C)c(C(=O)C(C)N(C(=O)c2ccco2)C2CCCCC2)c1C. The molecule has 0 radical (unpaired) electrons. The summed E-state index contributed by atoms with van der Waals surface area (Å²) in [7, 11) is 1.30. The number of carbonyl (C=O) groups is 3. The van der Waals surface area contributed by atoms with Crippen molar-refractivity contribution in [3.05, 3.63) is 46.7 Å². The van der Waals surface area contributed by atoms with E-state index in [9.17, 15) is 14.4 Å². The predicted molar refractivity (Wildman–Crippen MR) is 107 cm³/mol. The molecule has 156 valence electrons. The van der Waals surface area contributed by atoms with E-state index in [1.165, 1.54) is 13.4 Å². The van der Waals surface area contributed by atoms with E-state index in [4.69, 9.17) is 9.15 Å². The summed E-state index contributed by atoms with van der Waals surface area (Å²) in [4.78, 5) is 43.3. The standard InChI is InChI=1S/C22H28N2O5/c1-13-18(14(2)23-19(13)22(27)28-4)20(25)15(3)24(16-9-6-5-7-10-16)21(26)17-11-8-12-29-17/h8,11-12,15-16,23H,5-7,9-10H2,1-4H3. The lowest BCUT2D eigenvalue weighted by Crippen LogP contribution is -2.50. The Balaban J connectivity index is 1.96. The summed E-state index contributed by atoms with van der Waals surface area (Å²) in [5.41, 5.74) is 1.84. The van der Waals surface area contributed by atoms with E-state index in [2.05, 4.69) is 4.98 Å². The highest BCUT2D eigenvalue weighted by molar-refractivity contribution is 6.07. The summed E-state index contributed by atoms with van der Waals surface area (Å²) in [5.74, 6) is -0.764. The molecule has 2 aromatic heterocycles. The molecule has 7 heteroatoms. The van der Waals surface area contributed by atoms with Gasteiger partial charge in [0.05, 0.1) is 19.4 Å². The number of carbonyl (C=O) groups excluding carboxylic acids is 3. The van der Waals surface area contributed by atoms with Crippen molar-refractivity contribution in [2.24, 2.45) is 0 Å². The topological polar surface area (TPSA) is 92.6 Å². The van der Waals surface area contributed by atoms with Gasteiger partial charge in [-0.3, -0.25) is 9.59 Å². The number of nitrogens with zero attached hydrogens (tertiary/aromatic N) is 1. The Morgan fingerprint density at radius 1 is 1.21 bits per heavy atom. The molecule has 1 aliphatic rings. The number of aromatic nitrogens is 1. The summed E-state index contributed by atoms with van der Waals surface area (Å²) in [5, 5.41) is 0. The maximum absolute atomic E-state index is 13.5. The summed E-state index contributed by atoms with van der Waals surface area (Å²) in [6.07, 6.45) is 6.39. The Labute approximate surface area is 170 Å². The predicted octanol–water partition coefficient (Wildman–Crippen LogP) is 4.06. The van der Waals surface area contributed by atoms with Gasteiger partial charge in [-0.25, -0.2) is 4.79 Å². The van der Waals surface area contributed by atoms with Crippen LogP contribution in [-0.2, 0) is 4.74 Å². The molecule has 3 rings (SSSR count). The van der Waals surface area contributed by atoms with Crippen LogP contribution in [0.5, 0.6) is 0 Å². The summed E-state index contributed by atoms with van der Waals surface area (Å²) in [6, 6.07) is 2.59. The molecule has 1 saturated carbocycles. The van der Waals surface area contributed by atoms with E-state index < -0.39 is 12.0 Å². The molecular weight excluding hydrogens is 372 g/mol. The van der Waals surface area contributed by atoms with Gasteiger partial charge in [0.2, 0.25) is 0 Å². The lowest BCUT2D eigenvalue weighted by molar-refractivity contribution is 0.0461. The van der Waals surface area contributed by atoms with Crippen LogP contribution in [0.4, 0.5) is 0 Å². The minimum Gasteiger partial charge on any atom is -0.464 e. The van der Waals surface area contributed by atoms with Crippen molar-refractivity contribution in [1.82, 2.24) is 9.88 Å². The number of aryl methyl sites for hydroxylation is 1. The minimum absolute atomic E-state index is 0.0140. The smallest absolute Gasteiger partial charge is 0.354 e. The van der Waals surface area contributed by atoms with E-state index in [0.717, 1.165) is 32.1 Å². The van der Waals surface area contributed by atoms with Crippen LogP contribution in [-0.4, -0.2) is 46.7 Å². The number of Topliss-reactive ketones (excluding diaryl/α,β-unsaturated/α-hetero) is 1. The summed E-state index contributed by atoms with van der Waals surface area (Å²) >= 11 is 0. The first-order chi connectivity index (χ1) is 13.9. The number of hydrogen-bond donors (Lipinski definition) is 1. The van der Waals surface area contributed by atoms with E-state index >= 15 is 0 Å². The molecule has 0 spiro atoms. The third-order valence-electron chi connectivity index (χ3n) is 5.80. The number of aromatic amines is 1. The van der Waals surface area contributed by atoms with Gasteiger partial charge in [-0.2, -0.15) is 0 Å². The van der Waals surface area contributed by atoms with Crippen molar-refractivity contribution in [3.63, 3.8) is 0 Å². The van der Waals surface area contributed by atoms with Crippen molar-refractivity contribution >= 4 is 17.7 Å². The van der Waals surface area contributed by atoms with E-state index in [1.54, 1.807) is 37.8 Å². The zero-order chi connectivity index (χ0) is 21.1. The molecule has 0 bridgehead atoms. The molecule has 1 amide bonds. The van der Waals surface area contributed by atoms with Crippen molar-refractivity contribution in [3.8, 4) is 0 Å². The van der Waals surface area contributed by atoms with Crippen LogP contribution in [0.25, 0.3) is 0 Å². The van der Waals surface area contributed by atoms with Gasteiger partial charge < -0.3 is 19.0 Å². The Kier molecular flexibility index (Phi) is 6.25. The van der Waals surface area contributed by atoms with Crippen LogP contribution in [0.2, 0.25) is 0 Å². The fraction of sp³-hybridized carbons (Fsp3) is 0.500. The highest BCUT2D eigenvalue weighted by atomic mass is 16.5. The molecule has 1 atom stereocenters.